The maximum absolute atomic E-state index is 5.24. The number of benzene rings is 5. The van der Waals surface area contributed by atoms with E-state index < -0.39 is 0 Å². The van der Waals surface area contributed by atoms with Crippen LogP contribution >= 0.6 is 0 Å². The molecule has 0 aliphatic heterocycles. The minimum absolute atomic E-state index is 0.304. The highest BCUT2D eigenvalue weighted by atomic mass is 15.1. The van der Waals surface area contributed by atoms with Gasteiger partial charge in [-0.1, -0.05) is 109 Å². The van der Waals surface area contributed by atoms with E-state index in [1.165, 1.54) is 65.6 Å². The van der Waals surface area contributed by atoms with Crippen molar-refractivity contribution in [1.29, 1.82) is 0 Å². The molecule has 0 saturated carbocycles. The third kappa shape index (κ3) is 3.83. The molecule has 204 valence electrons. The van der Waals surface area contributed by atoms with E-state index in [9.17, 15) is 0 Å². The number of fused-ring (bicyclic) bond motifs is 9. The number of hydrogen-bond donors (Lipinski definition) is 0. The summed E-state index contributed by atoms with van der Waals surface area (Å²) in [5, 5.41) is 7.99. The first-order valence-electron chi connectivity index (χ1n) is 15.3. The number of hydrogen-bond acceptors (Lipinski definition) is 1. The highest BCUT2D eigenvalue weighted by Gasteiger charge is 2.19. The van der Waals surface area contributed by atoms with Crippen LogP contribution in [0.2, 0.25) is 0 Å². The maximum Gasteiger partial charge on any atom is 0.138 e. The Balaban J connectivity index is 1.15. The molecule has 0 radical (unpaired) electrons. The summed E-state index contributed by atoms with van der Waals surface area (Å²) in [5.74, 6) is 1.25. The quantitative estimate of drug-likeness (QED) is 0.200. The molecule has 9 rings (SSSR count). The van der Waals surface area contributed by atoms with Gasteiger partial charge in [-0.2, -0.15) is 0 Å². The van der Waals surface area contributed by atoms with E-state index in [4.69, 9.17) is 4.98 Å². The van der Waals surface area contributed by atoms with Gasteiger partial charge in [-0.25, -0.2) is 4.98 Å². The van der Waals surface area contributed by atoms with E-state index in [-0.39, 0.29) is 0 Å². The fraction of sp³-hybridized carbons (Fsp3) is 0.0976. The predicted molar refractivity (Wildman–Crippen MR) is 182 cm³/mol. The van der Waals surface area contributed by atoms with Crippen LogP contribution in [-0.4, -0.2) is 9.55 Å². The van der Waals surface area contributed by atoms with Crippen molar-refractivity contribution in [2.24, 2.45) is 0 Å². The Bertz CT molecular complexity index is 2280. The highest BCUT2D eigenvalue weighted by Crippen LogP contribution is 2.40. The lowest BCUT2D eigenvalue weighted by molar-refractivity contribution is 0.857. The molecule has 2 heteroatoms. The van der Waals surface area contributed by atoms with Gasteiger partial charge in [0.2, 0.25) is 0 Å². The van der Waals surface area contributed by atoms with E-state index in [0.29, 0.717) is 5.92 Å². The van der Waals surface area contributed by atoms with E-state index in [2.05, 4.69) is 144 Å². The van der Waals surface area contributed by atoms with Crippen molar-refractivity contribution in [3.8, 4) is 5.82 Å². The van der Waals surface area contributed by atoms with Crippen LogP contribution < -0.4 is 0 Å². The molecule has 0 saturated heterocycles. The van der Waals surface area contributed by atoms with Crippen molar-refractivity contribution >= 4 is 55.0 Å². The first kappa shape index (κ1) is 24.4. The summed E-state index contributed by atoms with van der Waals surface area (Å²) in [6, 6.07) is 39.7. The fourth-order valence-electron chi connectivity index (χ4n) is 7.39. The normalized spacial score (nSPS) is 16.3. The van der Waals surface area contributed by atoms with Crippen molar-refractivity contribution < 1.29 is 0 Å². The van der Waals surface area contributed by atoms with Gasteiger partial charge in [0.25, 0.3) is 0 Å². The highest BCUT2D eigenvalue weighted by molar-refractivity contribution is 6.13. The Morgan fingerprint density at radius 2 is 1.33 bits per heavy atom. The number of pyridine rings is 1. The molecule has 7 aromatic rings. The standard InChI is InChI=1S/C41H30N2/c1-2-15-32-30(13-1)31-14-3-4-16-33(31)37-26-28(23-24-34(32)37)27-11-9-12-29(25-27)38-19-10-22-41(42-38)43-39-20-7-5-17-35(39)36-18-6-8-21-40(36)43/h1-2,4-10,12-13,15-27H,3,11,14H2. The zero-order chi connectivity index (χ0) is 28.3. The fourth-order valence-corrected chi connectivity index (χ4v) is 7.39. The van der Waals surface area contributed by atoms with Crippen LogP contribution in [0.15, 0.2) is 133 Å². The van der Waals surface area contributed by atoms with Crippen molar-refractivity contribution in [3.63, 3.8) is 0 Å². The van der Waals surface area contributed by atoms with Crippen molar-refractivity contribution in [2.45, 2.75) is 25.2 Å². The summed E-state index contributed by atoms with van der Waals surface area (Å²) in [5.41, 5.74) is 8.81. The Kier molecular flexibility index (Phi) is 5.49. The number of para-hydroxylation sites is 2. The summed E-state index contributed by atoms with van der Waals surface area (Å²) in [4.78, 5) is 5.24. The summed E-state index contributed by atoms with van der Waals surface area (Å²) >= 11 is 0. The number of nitrogens with zero attached hydrogens (tertiary/aromatic N) is 2. The Hall–Kier alpha value is -5.21. The van der Waals surface area contributed by atoms with Gasteiger partial charge in [-0.15, -0.1) is 0 Å². The Labute approximate surface area is 250 Å². The van der Waals surface area contributed by atoms with E-state index in [0.717, 1.165) is 30.8 Å². The van der Waals surface area contributed by atoms with Gasteiger partial charge < -0.3 is 0 Å². The molecule has 43 heavy (non-hydrogen) atoms. The minimum Gasteiger partial charge on any atom is -0.294 e. The van der Waals surface area contributed by atoms with Gasteiger partial charge in [0.05, 0.1) is 16.7 Å². The van der Waals surface area contributed by atoms with Crippen LogP contribution in [0.25, 0.3) is 60.8 Å². The largest absolute Gasteiger partial charge is 0.294 e. The lowest BCUT2D eigenvalue weighted by atomic mass is 9.83. The number of aryl methyl sites for hydroxylation is 1. The van der Waals surface area contributed by atoms with Crippen LogP contribution in [0.5, 0.6) is 0 Å². The molecular weight excluding hydrogens is 520 g/mol. The first-order valence-corrected chi connectivity index (χ1v) is 15.3. The van der Waals surface area contributed by atoms with Crippen molar-refractivity contribution in [2.75, 3.05) is 0 Å². The minimum atomic E-state index is 0.304. The van der Waals surface area contributed by atoms with Crippen LogP contribution in [0.1, 0.15) is 41.1 Å². The Morgan fingerprint density at radius 3 is 2.14 bits per heavy atom. The zero-order valence-corrected chi connectivity index (χ0v) is 23.9. The average Bonchev–Trinajstić information content (AvgIpc) is 3.43. The van der Waals surface area contributed by atoms with Gasteiger partial charge in [0.15, 0.2) is 0 Å². The van der Waals surface area contributed by atoms with E-state index >= 15 is 0 Å². The molecule has 2 aliphatic carbocycles. The average molecular weight is 551 g/mol. The summed E-state index contributed by atoms with van der Waals surface area (Å²) in [6.45, 7) is 0. The molecule has 1 atom stereocenters. The molecule has 2 aliphatic rings. The van der Waals surface area contributed by atoms with Gasteiger partial charge in [0.1, 0.15) is 5.82 Å². The topological polar surface area (TPSA) is 17.8 Å². The molecule has 0 fully saturated rings. The molecule has 2 aromatic heterocycles. The van der Waals surface area contributed by atoms with Crippen LogP contribution in [-0.2, 0) is 6.42 Å². The Morgan fingerprint density at radius 1 is 0.605 bits per heavy atom. The molecule has 0 amide bonds. The SMILES string of the molecule is C1=Cc2c(c3ccccc3c3ccc(C4C=C(c5cccc(-n6c7ccccc7c7ccccc76)n5)C=CC4)cc23)CC1. The molecule has 5 aromatic carbocycles. The predicted octanol–water partition coefficient (Wildman–Crippen LogP) is 10.6. The number of rotatable bonds is 3. The van der Waals surface area contributed by atoms with E-state index in [1.54, 1.807) is 0 Å². The molecule has 0 bridgehead atoms. The van der Waals surface area contributed by atoms with Gasteiger partial charge in [-0.3, -0.25) is 4.57 Å². The lowest BCUT2D eigenvalue weighted by Crippen LogP contribution is -2.03. The maximum atomic E-state index is 5.24. The smallest absolute Gasteiger partial charge is 0.138 e. The van der Waals surface area contributed by atoms with Gasteiger partial charge in [0, 0.05) is 16.7 Å². The molecule has 2 heterocycles. The number of allylic oxidation sites excluding steroid dienone is 5. The molecule has 1 unspecified atom stereocenters. The molecule has 0 spiro atoms. The summed E-state index contributed by atoms with van der Waals surface area (Å²) in [7, 11) is 0. The van der Waals surface area contributed by atoms with Crippen molar-refractivity contribution in [3.05, 3.63) is 156 Å². The first-order chi connectivity index (χ1) is 21.3. The molecule has 2 nitrogen and oxygen atoms in total. The van der Waals surface area contributed by atoms with Gasteiger partial charge in [-0.05, 0) is 93.4 Å². The third-order valence-electron chi connectivity index (χ3n) is 9.38. The van der Waals surface area contributed by atoms with Crippen molar-refractivity contribution in [1.82, 2.24) is 9.55 Å². The van der Waals surface area contributed by atoms with Crippen LogP contribution in [0, 0.1) is 0 Å². The van der Waals surface area contributed by atoms with Gasteiger partial charge >= 0.3 is 0 Å². The third-order valence-corrected chi connectivity index (χ3v) is 9.38. The lowest BCUT2D eigenvalue weighted by Gasteiger charge is -2.21. The summed E-state index contributed by atoms with van der Waals surface area (Å²) in [6.07, 6.45) is 14.9. The molecule has 0 N–H and O–H groups in total. The zero-order valence-electron chi connectivity index (χ0n) is 23.9. The van der Waals surface area contributed by atoms with Crippen LogP contribution in [0.4, 0.5) is 0 Å². The second-order valence-corrected chi connectivity index (χ2v) is 11.8. The molecular formula is C41H30N2. The van der Waals surface area contributed by atoms with Crippen LogP contribution in [0.3, 0.4) is 0 Å². The summed E-state index contributed by atoms with van der Waals surface area (Å²) < 4.78 is 2.29. The second kappa shape index (κ2) is 9.68. The number of aromatic nitrogens is 2. The second-order valence-electron chi connectivity index (χ2n) is 11.8. The van der Waals surface area contributed by atoms with E-state index in [1.807, 2.05) is 0 Å². The monoisotopic (exact) mass is 550 g/mol.